The first kappa shape index (κ1) is 11.5. The third-order valence-corrected chi connectivity index (χ3v) is 3.68. The number of para-hydroxylation sites is 1. The SMILES string of the molecule is NC1CCCC(Nc2cnc3ccccc3c2)C1. The molecule has 0 aliphatic heterocycles. The van der Waals surface area contributed by atoms with Crippen molar-refractivity contribution in [2.75, 3.05) is 5.32 Å². The molecule has 0 spiro atoms. The number of hydrogen-bond donors (Lipinski definition) is 2. The number of hydrogen-bond acceptors (Lipinski definition) is 3. The molecule has 1 aromatic carbocycles. The number of benzene rings is 1. The van der Waals surface area contributed by atoms with Crippen LogP contribution < -0.4 is 11.1 Å². The Balaban J connectivity index is 1.78. The number of nitrogens with zero attached hydrogens (tertiary/aromatic N) is 1. The fourth-order valence-electron chi connectivity index (χ4n) is 2.74. The van der Waals surface area contributed by atoms with E-state index in [9.17, 15) is 0 Å². The molecule has 0 radical (unpaired) electrons. The van der Waals surface area contributed by atoms with E-state index in [1.165, 1.54) is 18.2 Å². The lowest BCUT2D eigenvalue weighted by Gasteiger charge is -2.28. The second-order valence-electron chi connectivity index (χ2n) is 5.18. The van der Waals surface area contributed by atoms with E-state index >= 15 is 0 Å². The molecule has 1 heterocycles. The molecule has 94 valence electrons. The van der Waals surface area contributed by atoms with Crippen molar-refractivity contribution in [3.05, 3.63) is 36.5 Å². The minimum Gasteiger partial charge on any atom is -0.381 e. The highest BCUT2D eigenvalue weighted by molar-refractivity contribution is 5.81. The van der Waals surface area contributed by atoms with Crippen molar-refractivity contribution < 1.29 is 0 Å². The van der Waals surface area contributed by atoms with Gasteiger partial charge in [0.1, 0.15) is 0 Å². The van der Waals surface area contributed by atoms with Gasteiger partial charge < -0.3 is 11.1 Å². The molecule has 18 heavy (non-hydrogen) atoms. The number of aromatic nitrogens is 1. The van der Waals surface area contributed by atoms with Gasteiger partial charge >= 0.3 is 0 Å². The number of rotatable bonds is 2. The van der Waals surface area contributed by atoms with Crippen molar-refractivity contribution in [2.45, 2.75) is 37.8 Å². The highest BCUT2D eigenvalue weighted by atomic mass is 14.9. The molecule has 2 aromatic rings. The van der Waals surface area contributed by atoms with Gasteiger partial charge in [-0.1, -0.05) is 18.2 Å². The van der Waals surface area contributed by atoms with Gasteiger partial charge in [-0.25, -0.2) is 0 Å². The molecule has 1 saturated carbocycles. The minimum absolute atomic E-state index is 0.352. The van der Waals surface area contributed by atoms with Crippen molar-refractivity contribution >= 4 is 16.6 Å². The third-order valence-electron chi connectivity index (χ3n) is 3.68. The Morgan fingerprint density at radius 1 is 1.22 bits per heavy atom. The van der Waals surface area contributed by atoms with Crippen LogP contribution in [0.3, 0.4) is 0 Å². The molecule has 1 aliphatic rings. The van der Waals surface area contributed by atoms with E-state index in [4.69, 9.17) is 5.73 Å². The summed E-state index contributed by atoms with van der Waals surface area (Å²) in [5.74, 6) is 0. The van der Waals surface area contributed by atoms with Crippen molar-refractivity contribution in [1.29, 1.82) is 0 Å². The van der Waals surface area contributed by atoms with E-state index in [2.05, 4.69) is 22.4 Å². The lowest BCUT2D eigenvalue weighted by Crippen LogP contribution is -2.34. The maximum Gasteiger partial charge on any atom is 0.0703 e. The standard InChI is InChI=1S/C15H19N3/c16-12-5-3-6-13(9-12)18-14-8-11-4-1-2-7-15(11)17-10-14/h1-2,4,7-8,10,12-13,18H,3,5-6,9,16H2. The van der Waals surface area contributed by atoms with Crippen molar-refractivity contribution in [2.24, 2.45) is 5.73 Å². The molecule has 1 aliphatic carbocycles. The molecular weight excluding hydrogens is 222 g/mol. The van der Waals surface area contributed by atoms with Crippen molar-refractivity contribution in [1.82, 2.24) is 4.98 Å². The zero-order valence-electron chi connectivity index (χ0n) is 10.5. The average molecular weight is 241 g/mol. The van der Waals surface area contributed by atoms with E-state index < -0.39 is 0 Å². The van der Waals surface area contributed by atoms with Crippen LogP contribution in [0.25, 0.3) is 10.9 Å². The van der Waals surface area contributed by atoms with Crippen LogP contribution >= 0.6 is 0 Å². The van der Waals surface area contributed by atoms with Crippen LogP contribution in [0.15, 0.2) is 36.5 Å². The zero-order valence-corrected chi connectivity index (χ0v) is 10.5. The summed E-state index contributed by atoms with van der Waals surface area (Å²) in [5, 5.41) is 4.74. The van der Waals surface area contributed by atoms with E-state index in [1.807, 2.05) is 24.4 Å². The lowest BCUT2D eigenvalue weighted by atomic mass is 9.91. The maximum atomic E-state index is 6.01. The second kappa shape index (κ2) is 4.94. The van der Waals surface area contributed by atoms with Crippen LogP contribution in [-0.2, 0) is 0 Å². The van der Waals surface area contributed by atoms with Gasteiger partial charge in [-0.15, -0.1) is 0 Å². The summed E-state index contributed by atoms with van der Waals surface area (Å²) in [6.45, 7) is 0. The van der Waals surface area contributed by atoms with Gasteiger partial charge in [0.05, 0.1) is 17.4 Å². The molecule has 2 unspecified atom stereocenters. The Kier molecular flexibility index (Phi) is 3.15. The predicted molar refractivity (Wildman–Crippen MR) is 75.6 cm³/mol. The molecule has 1 aromatic heterocycles. The summed E-state index contributed by atoms with van der Waals surface area (Å²) < 4.78 is 0. The van der Waals surface area contributed by atoms with Gasteiger partial charge in [0.2, 0.25) is 0 Å². The summed E-state index contributed by atoms with van der Waals surface area (Å²) in [5.41, 5.74) is 8.16. The largest absolute Gasteiger partial charge is 0.381 e. The fraction of sp³-hybridized carbons (Fsp3) is 0.400. The Morgan fingerprint density at radius 2 is 2.11 bits per heavy atom. The smallest absolute Gasteiger partial charge is 0.0703 e. The normalized spacial score (nSPS) is 24.1. The van der Waals surface area contributed by atoms with Gasteiger partial charge in [-0.05, 0) is 37.8 Å². The molecule has 0 saturated heterocycles. The molecule has 3 heteroatoms. The third kappa shape index (κ3) is 2.46. The number of fused-ring (bicyclic) bond motifs is 1. The molecule has 3 rings (SSSR count). The van der Waals surface area contributed by atoms with Crippen LogP contribution in [0.4, 0.5) is 5.69 Å². The number of pyridine rings is 1. The first-order valence-corrected chi connectivity index (χ1v) is 6.68. The lowest BCUT2D eigenvalue weighted by molar-refractivity contribution is 0.409. The first-order chi connectivity index (χ1) is 8.81. The fourth-order valence-corrected chi connectivity index (χ4v) is 2.74. The predicted octanol–water partition coefficient (Wildman–Crippen LogP) is 2.92. The van der Waals surface area contributed by atoms with E-state index in [0.717, 1.165) is 24.0 Å². The van der Waals surface area contributed by atoms with E-state index in [0.29, 0.717) is 12.1 Å². The Morgan fingerprint density at radius 3 is 3.00 bits per heavy atom. The Hall–Kier alpha value is -1.61. The van der Waals surface area contributed by atoms with E-state index in [-0.39, 0.29) is 0 Å². The molecule has 0 amide bonds. The Bertz CT molecular complexity index is 538. The highest BCUT2D eigenvalue weighted by Crippen LogP contribution is 2.22. The van der Waals surface area contributed by atoms with Gasteiger partial charge in [0.25, 0.3) is 0 Å². The van der Waals surface area contributed by atoms with Gasteiger partial charge in [-0.2, -0.15) is 0 Å². The second-order valence-corrected chi connectivity index (χ2v) is 5.18. The number of nitrogens with one attached hydrogen (secondary N) is 1. The van der Waals surface area contributed by atoms with Gasteiger partial charge in [0.15, 0.2) is 0 Å². The molecule has 3 nitrogen and oxygen atoms in total. The number of nitrogens with two attached hydrogens (primary N) is 1. The van der Waals surface area contributed by atoms with Crippen LogP contribution in [0.1, 0.15) is 25.7 Å². The van der Waals surface area contributed by atoms with Crippen LogP contribution in [0.2, 0.25) is 0 Å². The summed E-state index contributed by atoms with van der Waals surface area (Å²) in [4.78, 5) is 4.47. The molecule has 2 atom stereocenters. The molecule has 1 fully saturated rings. The van der Waals surface area contributed by atoms with Crippen LogP contribution in [0.5, 0.6) is 0 Å². The summed E-state index contributed by atoms with van der Waals surface area (Å²) in [6.07, 6.45) is 6.57. The highest BCUT2D eigenvalue weighted by Gasteiger charge is 2.18. The zero-order chi connectivity index (χ0) is 12.4. The minimum atomic E-state index is 0.352. The Labute approximate surface area is 107 Å². The molecule has 0 bridgehead atoms. The molecular formula is C15H19N3. The van der Waals surface area contributed by atoms with Crippen molar-refractivity contribution in [3.63, 3.8) is 0 Å². The molecule has 3 N–H and O–H groups in total. The van der Waals surface area contributed by atoms with Crippen LogP contribution in [-0.4, -0.2) is 17.1 Å². The van der Waals surface area contributed by atoms with Crippen molar-refractivity contribution in [3.8, 4) is 0 Å². The summed E-state index contributed by atoms with van der Waals surface area (Å²) in [6, 6.07) is 11.2. The first-order valence-electron chi connectivity index (χ1n) is 6.68. The average Bonchev–Trinajstić information content (AvgIpc) is 2.39. The van der Waals surface area contributed by atoms with Gasteiger partial charge in [0, 0.05) is 17.5 Å². The quantitative estimate of drug-likeness (QED) is 0.850. The topological polar surface area (TPSA) is 50.9 Å². The number of anilines is 1. The van der Waals surface area contributed by atoms with Gasteiger partial charge in [-0.3, -0.25) is 4.98 Å². The maximum absolute atomic E-state index is 6.01. The monoisotopic (exact) mass is 241 g/mol. The summed E-state index contributed by atoms with van der Waals surface area (Å²) in [7, 11) is 0. The summed E-state index contributed by atoms with van der Waals surface area (Å²) >= 11 is 0. The van der Waals surface area contributed by atoms with Crippen LogP contribution in [0, 0.1) is 0 Å². The van der Waals surface area contributed by atoms with E-state index in [1.54, 1.807) is 0 Å².